The van der Waals surface area contributed by atoms with Crippen LogP contribution in [-0.4, -0.2) is 13.2 Å². The van der Waals surface area contributed by atoms with Gasteiger partial charge in [0.15, 0.2) is 0 Å². The summed E-state index contributed by atoms with van der Waals surface area (Å²) in [6.45, 7) is 1.63. The first-order chi connectivity index (χ1) is 11.9. The number of benzene rings is 3. The summed E-state index contributed by atoms with van der Waals surface area (Å²) in [6.07, 6.45) is -0.0591. The van der Waals surface area contributed by atoms with Crippen LogP contribution in [0.25, 0.3) is 0 Å². The molecular weight excluding hydrogens is 296 g/mol. The van der Waals surface area contributed by atoms with Crippen LogP contribution in [0, 0.1) is 0 Å². The predicted molar refractivity (Wildman–Crippen MR) is 97.8 cm³/mol. The first kappa shape index (κ1) is 14.9. The first-order valence-corrected chi connectivity index (χ1v) is 8.27. The van der Waals surface area contributed by atoms with Crippen molar-refractivity contribution in [3.8, 4) is 0 Å². The molecule has 0 spiro atoms. The Morgan fingerprint density at radius 2 is 1.33 bits per heavy atom. The van der Waals surface area contributed by atoms with Crippen molar-refractivity contribution in [2.45, 2.75) is 6.23 Å². The third-order valence-corrected chi connectivity index (χ3v) is 4.21. The largest absolute Gasteiger partial charge is 0.358 e. The molecule has 1 saturated heterocycles. The predicted octanol–water partition coefficient (Wildman–Crippen LogP) is 4.77. The zero-order valence-electron chi connectivity index (χ0n) is 13.4. The highest BCUT2D eigenvalue weighted by atomic mass is 16.5. The quantitative estimate of drug-likeness (QED) is 0.750. The maximum atomic E-state index is 5.86. The molecule has 1 N–H and O–H groups in total. The van der Waals surface area contributed by atoms with Gasteiger partial charge in [-0.3, -0.25) is 5.32 Å². The molecule has 0 saturated carbocycles. The van der Waals surface area contributed by atoms with E-state index in [0.29, 0.717) is 0 Å². The van der Waals surface area contributed by atoms with E-state index in [9.17, 15) is 0 Å². The van der Waals surface area contributed by atoms with Gasteiger partial charge in [-0.05, 0) is 30.3 Å². The van der Waals surface area contributed by atoms with Crippen molar-refractivity contribution in [1.29, 1.82) is 0 Å². The Kier molecular flexibility index (Phi) is 4.28. The van der Waals surface area contributed by atoms with Crippen molar-refractivity contribution in [3.05, 3.63) is 90.5 Å². The Labute approximate surface area is 142 Å². The van der Waals surface area contributed by atoms with Gasteiger partial charge in [0, 0.05) is 23.5 Å². The topological polar surface area (TPSA) is 24.5 Å². The Morgan fingerprint density at radius 3 is 1.92 bits per heavy atom. The second-order valence-electron chi connectivity index (χ2n) is 5.77. The van der Waals surface area contributed by atoms with Crippen LogP contribution in [0.2, 0.25) is 0 Å². The van der Waals surface area contributed by atoms with Crippen molar-refractivity contribution in [3.63, 3.8) is 0 Å². The van der Waals surface area contributed by atoms with Crippen LogP contribution in [0.3, 0.4) is 0 Å². The molecule has 3 nitrogen and oxygen atoms in total. The Bertz CT molecular complexity index is 744. The van der Waals surface area contributed by atoms with E-state index in [0.717, 1.165) is 35.8 Å². The van der Waals surface area contributed by atoms with Crippen LogP contribution in [0.15, 0.2) is 84.9 Å². The molecule has 1 atom stereocenters. The summed E-state index contributed by atoms with van der Waals surface area (Å²) < 4.78 is 5.86. The zero-order chi connectivity index (χ0) is 16.2. The Balaban J connectivity index is 1.86. The monoisotopic (exact) mass is 316 g/mol. The summed E-state index contributed by atoms with van der Waals surface area (Å²) in [5.74, 6) is 0. The Morgan fingerprint density at radius 1 is 0.750 bits per heavy atom. The highest BCUT2D eigenvalue weighted by Gasteiger charge is 2.23. The van der Waals surface area contributed by atoms with Gasteiger partial charge in [0.25, 0.3) is 0 Å². The summed E-state index contributed by atoms with van der Waals surface area (Å²) in [7, 11) is 0. The smallest absolute Gasteiger partial charge is 0.136 e. The fraction of sp³-hybridized carbons (Fsp3) is 0.143. The van der Waals surface area contributed by atoms with Crippen molar-refractivity contribution < 1.29 is 4.74 Å². The van der Waals surface area contributed by atoms with Gasteiger partial charge in [-0.1, -0.05) is 54.6 Å². The van der Waals surface area contributed by atoms with Gasteiger partial charge in [0.05, 0.1) is 12.3 Å². The van der Waals surface area contributed by atoms with Gasteiger partial charge in [0.2, 0.25) is 0 Å². The highest BCUT2D eigenvalue weighted by Crippen LogP contribution is 2.38. The van der Waals surface area contributed by atoms with E-state index in [-0.39, 0.29) is 6.23 Å². The summed E-state index contributed by atoms with van der Waals surface area (Å²) in [5, 5.41) is 3.42. The fourth-order valence-electron chi connectivity index (χ4n) is 3.12. The van der Waals surface area contributed by atoms with Gasteiger partial charge < -0.3 is 9.64 Å². The van der Waals surface area contributed by atoms with E-state index in [1.165, 1.54) is 0 Å². The molecule has 0 aliphatic carbocycles. The molecule has 24 heavy (non-hydrogen) atoms. The summed E-state index contributed by atoms with van der Waals surface area (Å²) in [6, 6.07) is 29.3. The maximum absolute atomic E-state index is 5.86. The van der Waals surface area contributed by atoms with E-state index >= 15 is 0 Å². The van der Waals surface area contributed by atoms with E-state index in [2.05, 4.69) is 83.0 Å². The second kappa shape index (κ2) is 6.87. The molecular formula is C21H20N2O. The van der Waals surface area contributed by atoms with Crippen molar-refractivity contribution in [2.75, 3.05) is 18.1 Å². The molecule has 1 unspecified atom stereocenters. The molecule has 3 aromatic rings. The number of ether oxygens (including phenoxy) is 1. The SMILES string of the molecule is c1ccc(N(c2ccccc2)c2ccccc2C2NCCO2)cc1. The third kappa shape index (κ3) is 2.92. The number of hydrogen-bond acceptors (Lipinski definition) is 3. The third-order valence-electron chi connectivity index (χ3n) is 4.21. The van der Waals surface area contributed by atoms with Crippen LogP contribution in [0.1, 0.15) is 11.8 Å². The van der Waals surface area contributed by atoms with Crippen LogP contribution in [0.5, 0.6) is 0 Å². The average Bonchev–Trinajstić information content (AvgIpc) is 3.19. The van der Waals surface area contributed by atoms with Crippen LogP contribution < -0.4 is 10.2 Å². The van der Waals surface area contributed by atoms with E-state index in [1.54, 1.807) is 0 Å². The molecule has 0 radical (unpaired) electrons. The minimum Gasteiger partial charge on any atom is -0.358 e. The maximum Gasteiger partial charge on any atom is 0.136 e. The highest BCUT2D eigenvalue weighted by molar-refractivity contribution is 5.78. The number of anilines is 3. The minimum atomic E-state index is -0.0591. The van der Waals surface area contributed by atoms with Gasteiger partial charge in [-0.2, -0.15) is 0 Å². The molecule has 1 aliphatic rings. The van der Waals surface area contributed by atoms with Crippen molar-refractivity contribution >= 4 is 17.1 Å². The van der Waals surface area contributed by atoms with E-state index in [4.69, 9.17) is 4.74 Å². The van der Waals surface area contributed by atoms with Crippen molar-refractivity contribution in [2.24, 2.45) is 0 Å². The molecule has 3 aromatic carbocycles. The average molecular weight is 316 g/mol. The van der Waals surface area contributed by atoms with E-state index < -0.39 is 0 Å². The first-order valence-electron chi connectivity index (χ1n) is 8.27. The number of nitrogens with zero attached hydrogens (tertiary/aromatic N) is 1. The molecule has 4 rings (SSSR count). The van der Waals surface area contributed by atoms with Crippen LogP contribution in [0.4, 0.5) is 17.1 Å². The molecule has 1 heterocycles. The van der Waals surface area contributed by atoms with Gasteiger partial charge in [0.1, 0.15) is 6.23 Å². The lowest BCUT2D eigenvalue weighted by molar-refractivity contribution is 0.102. The van der Waals surface area contributed by atoms with Crippen molar-refractivity contribution in [1.82, 2.24) is 5.32 Å². The summed E-state index contributed by atoms with van der Waals surface area (Å²) in [5.41, 5.74) is 4.56. The number of hydrogen-bond donors (Lipinski definition) is 1. The summed E-state index contributed by atoms with van der Waals surface area (Å²) in [4.78, 5) is 2.28. The lowest BCUT2D eigenvalue weighted by atomic mass is 10.1. The molecule has 0 bridgehead atoms. The van der Waals surface area contributed by atoms with E-state index in [1.807, 2.05) is 12.1 Å². The number of para-hydroxylation sites is 3. The Hall–Kier alpha value is -2.62. The molecule has 1 fully saturated rings. The molecule has 0 aromatic heterocycles. The van der Waals surface area contributed by atoms with Crippen LogP contribution >= 0.6 is 0 Å². The minimum absolute atomic E-state index is 0.0591. The molecule has 120 valence electrons. The zero-order valence-corrected chi connectivity index (χ0v) is 13.4. The lowest BCUT2D eigenvalue weighted by Gasteiger charge is -2.29. The fourth-order valence-corrected chi connectivity index (χ4v) is 3.12. The number of rotatable bonds is 4. The van der Waals surface area contributed by atoms with Gasteiger partial charge >= 0.3 is 0 Å². The van der Waals surface area contributed by atoms with Gasteiger partial charge in [-0.25, -0.2) is 0 Å². The molecule has 0 amide bonds. The normalized spacial score (nSPS) is 16.9. The standard InChI is InChI=1S/C21H20N2O/c1-3-9-17(10-4-1)23(18-11-5-2-6-12-18)20-14-8-7-13-19(20)21-22-15-16-24-21/h1-14,21-22H,15-16H2. The second-order valence-corrected chi connectivity index (χ2v) is 5.77. The lowest BCUT2D eigenvalue weighted by Crippen LogP contribution is -2.18. The van der Waals surface area contributed by atoms with Crippen LogP contribution in [-0.2, 0) is 4.74 Å². The number of nitrogens with one attached hydrogen (secondary N) is 1. The van der Waals surface area contributed by atoms with Gasteiger partial charge in [-0.15, -0.1) is 0 Å². The molecule has 3 heteroatoms. The summed E-state index contributed by atoms with van der Waals surface area (Å²) >= 11 is 0. The molecule has 1 aliphatic heterocycles.